The van der Waals surface area contributed by atoms with Crippen molar-refractivity contribution in [2.75, 3.05) is 19.0 Å². The number of carbonyl (C=O) groups is 2. The lowest BCUT2D eigenvalue weighted by Crippen LogP contribution is -2.53. The number of amides is 1. The Hall–Kier alpha value is -3.32. The van der Waals surface area contributed by atoms with Crippen LogP contribution in [0.4, 0.5) is 37.7 Å². The number of aliphatic hydroxyl groups excluding tert-OH is 1. The lowest BCUT2D eigenvalue weighted by molar-refractivity contribution is -0.376. The number of hydrogen-bond donors (Lipinski definition) is 4. The molecule has 1 amide bonds. The second kappa shape index (κ2) is 10.3. The fourth-order valence-corrected chi connectivity index (χ4v) is 2.83. The Balaban J connectivity index is 2.03. The molecule has 2 aromatic carbocycles. The van der Waals surface area contributed by atoms with Crippen LogP contribution in [-0.4, -0.2) is 54.2 Å². The molecule has 2 aromatic rings. The van der Waals surface area contributed by atoms with Crippen LogP contribution in [0.2, 0.25) is 0 Å². The van der Waals surface area contributed by atoms with E-state index in [2.05, 4.69) is 15.4 Å². The third kappa shape index (κ3) is 5.97. The van der Waals surface area contributed by atoms with Crippen LogP contribution in [0.25, 0.3) is 0 Å². The van der Waals surface area contributed by atoms with Gasteiger partial charge in [0.1, 0.15) is 0 Å². The minimum Gasteiger partial charge on any atom is -0.467 e. The zero-order valence-corrected chi connectivity index (χ0v) is 17.5. The number of aliphatic hydroxyl groups is 2. The largest absolute Gasteiger partial charge is 0.467 e. The van der Waals surface area contributed by atoms with E-state index in [-0.39, 0.29) is 24.2 Å². The molecule has 0 aromatic heterocycles. The monoisotopic (exact) mass is 494 g/mol. The summed E-state index contributed by atoms with van der Waals surface area (Å²) >= 11 is 0. The molecule has 0 saturated heterocycles. The molecule has 0 aliphatic heterocycles. The van der Waals surface area contributed by atoms with Crippen molar-refractivity contribution in [1.29, 1.82) is 0 Å². The zero-order valence-electron chi connectivity index (χ0n) is 17.5. The maximum Gasteiger partial charge on any atom is 0.430 e. The standard InChI is InChI=1S/C21H20F6N2O5/c1-34-18(32)16(30)10-11-28-17(31)12-2-6-14(7-3-12)29-15-8-4-13(5-9-15)19(33,20(22,23)24)21(25,26)27/h2-9,16,29-30,33H,10-11H2,1H3,(H,28,31)/t16-/m1/s1. The number of anilines is 2. The van der Waals surface area contributed by atoms with Gasteiger partial charge in [-0.3, -0.25) is 4.79 Å². The summed E-state index contributed by atoms with van der Waals surface area (Å²) in [5.74, 6) is -1.34. The normalized spacial score (nSPS) is 13.2. The SMILES string of the molecule is COC(=O)[C@H](O)CCNC(=O)c1ccc(Nc2ccc(C(O)(C(F)(F)F)C(F)(F)F)cc2)cc1. The zero-order chi connectivity index (χ0) is 25.7. The Kier molecular flexibility index (Phi) is 8.16. The van der Waals surface area contributed by atoms with Crippen molar-refractivity contribution in [2.24, 2.45) is 0 Å². The molecule has 0 spiro atoms. The van der Waals surface area contributed by atoms with E-state index < -0.39 is 41.5 Å². The van der Waals surface area contributed by atoms with Crippen LogP contribution in [0.3, 0.4) is 0 Å². The van der Waals surface area contributed by atoms with Crippen LogP contribution in [0, 0.1) is 0 Å². The van der Waals surface area contributed by atoms with E-state index in [1.807, 2.05) is 0 Å². The van der Waals surface area contributed by atoms with Gasteiger partial charge in [-0.15, -0.1) is 0 Å². The highest BCUT2D eigenvalue weighted by molar-refractivity contribution is 5.94. The summed E-state index contributed by atoms with van der Waals surface area (Å²) in [6, 6.07) is 8.56. The Morgan fingerprint density at radius 1 is 0.912 bits per heavy atom. The Labute approximate surface area is 189 Å². The molecule has 0 radical (unpaired) electrons. The molecule has 0 aliphatic carbocycles. The topological polar surface area (TPSA) is 108 Å². The summed E-state index contributed by atoms with van der Waals surface area (Å²) in [7, 11) is 1.11. The highest BCUT2D eigenvalue weighted by atomic mass is 19.4. The predicted molar refractivity (Wildman–Crippen MR) is 107 cm³/mol. The van der Waals surface area contributed by atoms with Gasteiger partial charge in [0, 0.05) is 35.5 Å². The van der Waals surface area contributed by atoms with Gasteiger partial charge in [-0.1, -0.05) is 12.1 Å². The number of benzene rings is 2. The molecule has 0 unspecified atom stereocenters. The van der Waals surface area contributed by atoms with Gasteiger partial charge in [0.15, 0.2) is 6.10 Å². The number of hydrogen-bond acceptors (Lipinski definition) is 6. The van der Waals surface area contributed by atoms with Crippen LogP contribution < -0.4 is 10.6 Å². The molecule has 1 atom stereocenters. The van der Waals surface area contributed by atoms with E-state index in [1.54, 1.807) is 0 Å². The van der Waals surface area contributed by atoms with Crippen molar-refractivity contribution in [1.82, 2.24) is 5.32 Å². The summed E-state index contributed by atoms with van der Waals surface area (Å²) in [5.41, 5.74) is -5.69. The van der Waals surface area contributed by atoms with Gasteiger partial charge in [-0.2, -0.15) is 26.3 Å². The van der Waals surface area contributed by atoms with E-state index in [4.69, 9.17) is 0 Å². The molecule has 2 rings (SSSR count). The molecule has 7 nitrogen and oxygen atoms in total. The molecule has 13 heteroatoms. The maximum absolute atomic E-state index is 13.0. The minimum absolute atomic E-state index is 0.0103. The summed E-state index contributed by atoms with van der Waals surface area (Å²) < 4.78 is 82.1. The quantitative estimate of drug-likeness (QED) is 0.331. The second-order valence-corrected chi connectivity index (χ2v) is 7.07. The van der Waals surface area contributed by atoms with E-state index in [1.165, 1.54) is 24.3 Å². The second-order valence-electron chi connectivity index (χ2n) is 7.07. The smallest absolute Gasteiger partial charge is 0.430 e. The first kappa shape index (κ1) is 26.9. The van der Waals surface area contributed by atoms with Crippen molar-refractivity contribution in [2.45, 2.75) is 30.5 Å². The van der Waals surface area contributed by atoms with Crippen LogP contribution in [0.15, 0.2) is 48.5 Å². The summed E-state index contributed by atoms with van der Waals surface area (Å²) in [6.45, 7) is -0.0103. The van der Waals surface area contributed by atoms with Crippen LogP contribution in [0.5, 0.6) is 0 Å². The third-order valence-corrected chi connectivity index (χ3v) is 4.74. The molecule has 0 fully saturated rings. The summed E-state index contributed by atoms with van der Waals surface area (Å²) in [6.07, 6.45) is -13.4. The van der Waals surface area contributed by atoms with Crippen molar-refractivity contribution in [3.8, 4) is 0 Å². The molecular formula is C21H20F6N2O5. The molecule has 0 aliphatic rings. The lowest BCUT2D eigenvalue weighted by atomic mass is 9.92. The van der Waals surface area contributed by atoms with Crippen molar-refractivity contribution in [3.05, 3.63) is 59.7 Å². The van der Waals surface area contributed by atoms with Gasteiger partial charge in [-0.05, 0) is 36.4 Å². The highest BCUT2D eigenvalue weighted by Crippen LogP contribution is 2.50. The minimum atomic E-state index is -5.98. The van der Waals surface area contributed by atoms with Crippen molar-refractivity contribution < 1.29 is 50.9 Å². The van der Waals surface area contributed by atoms with Crippen molar-refractivity contribution in [3.63, 3.8) is 0 Å². The van der Waals surface area contributed by atoms with Gasteiger partial charge in [0.2, 0.25) is 0 Å². The van der Waals surface area contributed by atoms with Crippen LogP contribution >= 0.6 is 0 Å². The number of alkyl halides is 6. The number of halogens is 6. The molecular weight excluding hydrogens is 474 g/mol. The molecule has 0 saturated carbocycles. The first-order valence-electron chi connectivity index (χ1n) is 9.58. The number of rotatable bonds is 8. The number of esters is 1. The first-order valence-corrected chi connectivity index (χ1v) is 9.58. The Morgan fingerprint density at radius 2 is 1.38 bits per heavy atom. The number of nitrogens with one attached hydrogen (secondary N) is 2. The number of carbonyl (C=O) groups excluding carboxylic acids is 2. The lowest BCUT2D eigenvalue weighted by Gasteiger charge is -2.32. The molecule has 4 N–H and O–H groups in total. The van der Waals surface area contributed by atoms with E-state index in [0.29, 0.717) is 17.8 Å². The Morgan fingerprint density at radius 3 is 1.82 bits per heavy atom. The summed E-state index contributed by atoms with van der Waals surface area (Å²) in [4.78, 5) is 23.2. The molecule has 186 valence electrons. The first-order chi connectivity index (χ1) is 15.7. The van der Waals surface area contributed by atoms with Gasteiger partial charge >= 0.3 is 18.3 Å². The highest BCUT2D eigenvalue weighted by Gasteiger charge is 2.71. The van der Waals surface area contributed by atoms with Gasteiger partial charge < -0.3 is 25.6 Å². The fraction of sp³-hybridized carbons (Fsp3) is 0.333. The molecule has 0 heterocycles. The molecule has 34 heavy (non-hydrogen) atoms. The van der Waals surface area contributed by atoms with Gasteiger partial charge in [0.05, 0.1) is 7.11 Å². The average Bonchev–Trinajstić information content (AvgIpc) is 2.77. The predicted octanol–water partition coefficient (Wildman–Crippen LogP) is 3.40. The van der Waals surface area contributed by atoms with Crippen molar-refractivity contribution >= 4 is 23.3 Å². The summed E-state index contributed by atoms with van der Waals surface area (Å²) in [5, 5.41) is 24.1. The maximum atomic E-state index is 13.0. The number of methoxy groups -OCH3 is 1. The van der Waals surface area contributed by atoms with Crippen LogP contribution in [-0.2, 0) is 15.1 Å². The number of ether oxygens (including phenoxy) is 1. The van der Waals surface area contributed by atoms with Gasteiger partial charge in [-0.25, -0.2) is 4.79 Å². The van der Waals surface area contributed by atoms with E-state index >= 15 is 0 Å². The third-order valence-electron chi connectivity index (χ3n) is 4.74. The van der Waals surface area contributed by atoms with E-state index in [0.717, 1.165) is 19.2 Å². The fourth-order valence-electron chi connectivity index (χ4n) is 2.83. The Bertz CT molecular complexity index is 977. The molecule has 0 bridgehead atoms. The average molecular weight is 494 g/mol. The van der Waals surface area contributed by atoms with Crippen LogP contribution in [0.1, 0.15) is 22.3 Å². The van der Waals surface area contributed by atoms with E-state index in [9.17, 15) is 46.1 Å². The van der Waals surface area contributed by atoms with Gasteiger partial charge in [0.25, 0.3) is 11.5 Å².